The van der Waals surface area contributed by atoms with E-state index < -0.39 is 5.91 Å². The summed E-state index contributed by atoms with van der Waals surface area (Å²) in [6.45, 7) is 3.50. The van der Waals surface area contributed by atoms with Gasteiger partial charge in [-0.2, -0.15) is 9.97 Å². The molecule has 4 aromatic rings. The Morgan fingerprint density at radius 3 is 2.29 bits per heavy atom. The molecule has 0 atom stereocenters. The summed E-state index contributed by atoms with van der Waals surface area (Å²) in [5.41, 5.74) is 2.11. The molecule has 28 heavy (non-hydrogen) atoms. The van der Waals surface area contributed by atoms with Crippen molar-refractivity contribution >= 4 is 11.9 Å². The number of nitrogens with one attached hydrogen (secondary N) is 2. The first kappa shape index (κ1) is 17.4. The van der Waals surface area contributed by atoms with Crippen molar-refractivity contribution in [1.29, 1.82) is 0 Å². The van der Waals surface area contributed by atoms with Gasteiger partial charge in [0.1, 0.15) is 22.9 Å². The van der Waals surface area contributed by atoms with Gasteiger partial charge in [0.2, 0.25) is 5.95 Å². The Kier molecular flexibility index (Phi) is 4.55. The zero-order valence-corrected chi connectivity index (χ0v) is 15.2. The van der Waals surface area contributed by atoms with Crippen LogP contribution in [-0.4, -0.2) is 40.8 Å². The van der Waals surface area contributed by atoms with Crippen LogP contribution in [0.2, 0.25) is 0 Å². The van der Waals surface area contributed by atoms with Crippen molar-refractivity contribution in [2.75, 3.05) is 5.32 Å². The summed E-state index contributed by atoms with van der Waals surface area (Å²) in [7, 11) is 0. The second kappa shape index (κ2) is 7.31. The maximum atomic E-state index is 12.7. The molecule has 0 aliphatic rings. The number of H-pyrrole nitrogens is 1. The van der Waals surface area contributed by atoms with Gasteiger partial charge in [0, 0.05) is 18.1 Å². The number of aryl methyl sites for hydroxylation is 2. The molecule has 0 aromatic carbocycles. The molecule has 4 heterocycles. The molecule has 0 saturated heterocycles. The minimum Gasteiger partial charge on any atom is -0.340 e. The Bertz CT molecular complexity index is 1130. The van der Waals surface area contributed by atoms with Crippen LogP contribution in [0, 0.1) is 13.8 Å². The summed E-state index contributed by atoms with van der Waals surface area (Å²) in [6, 6.07) is 10.9. The van der Waals surface area contributed by atoms with Crippen LogP contribution in [0.4, 0.5) is 5.95 Å². The van der Waals surface area contributed by atoms with E-state index in [4.69, 9.17) is 0 Å². The van der Waals surface area contributed by atoms with Gasteiger partial charge in [0.25, 0.3) is 5.91 Å². The van der Waals surface area contributed by atoms with Crippen LogP contribution in [0.15, 0.2) is 48.8 Å². The number of carbonyl (C=O) groups is 1. The monoisotopic (exact) mass is 372 g/mol. The Labute approximate surface area is 160 Å². The van der Waals surface area contributed by atoms with E-state index in [0.29, 0.717) is 34.6 Å². The minimum atomic E-state index is -0.423. The molecule has 9 nitrogen and oxygen atoms in total. The van der Waals surface area contributed by atoms with E-state index in [1.54, 1.807) is 38.4 Å². The summed E-state index contributed by atoms with van der Waals surface area (Å²) in [6.07, 6.45) is 3.32. The summed E-state index contributed by atoms with van der Waals surface area (Å²) >= 11 is 0. The normalized spacial score (nSPS) is 10.6. The second-order valence-corrected chi connectivity index (χ2v) is 5.97. The number of pyridine rings is 2. The van der Waals surface area contributed by atoms with Crippen LogP contribution in [0.25, 0.3) is 23.0 Å². The van der Waals surface area contributed by atoms with Gasteiger partial charge in [-0.3, -0.25) is 20.1 Å². The Balaban J connectivity index is 1.61. The zero-order chi connectivity index (χ0) is 19.5. The predicted molar refractivity (Wildman–Crippen MR) is 102 cm³/mol. The molecule has 0 saturated carbocycles. The molecule has 138 valence electrons. The highest BCUT2D eigenvalue weighted by Crippen LogP contribution is 2.17. The fourth-order valence-corrected chi connectivity index (χ4v) is 2.61. The lowest BCUT2D eigenvalue weighted by atomic mass is 10.3. The molecular weight excluding hydrogens is 356 g/mol. The lowest BCUT2D eigenvalue weighted by Crippen LogP contribution is -2.17. The molecule has 2 N–H and O–H groups in total. The van der Waals surface area contributed by atoms with Gasteiger partial charge in [0.05, 0.1) is 0 Å². The number of nitrogens with zero attached hydrogens (tertiary/aromatic N) is 6. The van der Waals surface area contributed by atoms with Gasteiger partial charge in [-0.05, 0) is 38.1 Å². The third-order valence-corrected chi connectivity index (χ3v) is 3.87. The van der Waals surface area contributed by atoms with E-state index >= 15 is 0 Å². The average Bonchev–Trinajstić information content (AvgIpc) is 3.11. The van der Waals surface area contributed by atoms with Gasteiger partial charge >= 0.3 is 0 Å². The molecule has 0 radical (unpaired) electrons. The number of aromatic nitrogens is 7. The van der Waals surface area contributed by atoms with Gasteiger partial charge in [0.15, 0.2) is 11.6 Å². The Hall–Kier alpha value is -4.01. The summed E-state index contributed by atoms with van der Waals surface area (Å²) in [4.78, 5) is 41.4. The third-order valence-electron chi connectivity index (χ3n) is 3.87. The quantitative estimate of drug-likeness (QED) is 0.564. The minimum absolute atomic E-state index is 0.139. The number of carbonyl (C=O) groups excluding carboxylic acids is 1. The number of anilines is 1. The number of amides is 1. The third kappa shape index (κ3) is 3.58. The molecule has 0 aliphatic heterocycles. The van der Waals surface area contributed by atoms with Crippen LogP contribution in [-0.2, 0) is 0 Å². The van der Waals surface area contributed by atoms with Gasteiger partial charge < -0.3 is 4.98 Å². The van der Waals surface area contributed by atoms with Crippen LogP contribution >= 0.6 is 0 Å². The number of hydrogen-bond donors (Lipinski definition) is 2. The number of rotatable bonds is 4. The lowest BCUT2D eigenvalue weighted by Gasteiger charge is -2.05. The average molecular weight is 372 g/mol. The highest BCUT2D eigenvalue weighted by molar-refractivity contribution is 6.03. The summed E-state index contributed by atoms with van der Waals surface area (Å²) < 4.78 is 0. The molecule has 9 heteroatoms. The first-order valence-electron chi connectivity index (χ1n) is 8.53. The molecule has 0 bridgehead atoms. The Morgan fingerprint density at radius 1 is 0.893 bits per heavy atom. The van der Waals surface area contributed by atoms with E-state index in [9.17, 15) is 4.79 Å². The van der Waals surface area contributed by atoms with Gasteiger partial charge in [-0.25, -0.2) is 9.97 Å². The van der Waals surface area contributed by atoms with E-state index in [1.807, 2.05) is 24.3 Å². The topological polar surface area (TPSA) is 122 Å². The van der Waals surface area contributed by atoms with Crippen molar-refractivity contribution in [2.24, 2.45) is 0 Å². The van der Waals surface area contributed by atoms with Gasteiger partial charge in [-0.1, -0.05) is 12.1 Å². The summed E-state index contributed by atoms with van der Waals surface area (Å²) in [5.74, 6) is 1.09. The molecular formula is C19H16N8O. The number of hydrogen-bond acceptors (Lipinski definition) is 7. The molecule has 0 spiro atoms. The van der Waals surface area contributed by atoms with Crippen molar-refractivity contribution in [3.63, 3.8) is 0 Å². The van der Waals surface area contributed by atoms with E-state index in [1.165, 1.54) is 0 Å². The molecule has 0 unspecified atom stereocenters. The highest BCUT2D eigenvalue weighted by atomic mass is 16.2. The van der Waals surface area contributed by atoms with Gasteiger partial charge in [-0.15, -0.1) is 0 Å². The molecule has 1 amide bonds. The standard InChI is InChI=1S/C19H16N8O/c1-11-15(25-16(22-11)13-7-3-5-9-20-13)18(28)27-19-24-12(2)23-17(26-19)14-8-4-6-10-21-14/h3-10H,1-2H3,(H,22,25)(H,23,24,26,27,28). The first-order valence-corrected chi connectivity index (χ1v) is 8.53. The SMILES string of the molecule is Cc1nc(NC(=O)c2nc(-c3ccccn3)[nH]c2C)nc(-c2ccccn2)n1. The predicted octanol–water partition coefficient (Wildman–Crippen LogP) is 2.59. The summed E-state index contributed by atoms with van der Waals surface area (Å²) in [5, 5.41) is 2.68. The van der Waals surface area contributed by atoms with E-state index in [-0.39, 0.29) is 11.6 Å². The van der Waals surface area contributed by atoms with Crippen molar-refractivity contribution in [3.8, 4) is 23.0 Å². The van der Waals surface area contributed by atoms with Crippen LogP contribution in [0.3, 0.4) is 0 Å². The number of aromatic amines is 1. The zero-order valence-electron chi connectivity index (χ0n) is 15.2. The van der Waals surface area contributed by atoms with Crippen LogP contribution in [0.5, 0.6) is 0 Å². The maximum Gasteiger partial charge on any atom is 0.278 e. The van der Waals surface area contributed by atoms with Crippen molar-refractivity contribution in [1.82, 2.24) is 34.9 Å². The lowest BCUT2D eigenvalue weighted by molar-refractivity contribution is 0.102. The van der Waals surface area contributed by atoms with Crippen molar-refractivity contribution < 1.29 is 4.79 Å². The Morgan fingerprint density at radius 2 is 1.61 bits per heavy atom. The van der Waals surface area contributed by atoms with Crippen LogP contribution < -0.4 is 5.32 Å². The molecule has 0 aliphatic carbocycles. The van der Waals surface area contributed by atoms with Crippen molar-refractivity contribution in [2.45, 2.75) is 13.8 Å². The fourth-order valence-electron chi connectivity index (χ4n) is 2.61. The second-order valence-electron chi connectivity index (χ2n) is 5.97. The maximum absolute atomic E-state index is 12.7. The first-order chi connectivity index (χ1) is 13.6. The van der Waals surface area contributed by atoms with Crippen molar-refractivity contribution in [3.05, 3.63) is 66.0 Å². The molecule has 4 rings (SSSR count). The fraction of sp³-hybridized carbons (Fsp3) is 0.105. The molecule has 0 fully saturated rings. The van der Waals surface area contributed by atoms with E-state index in [2.05, 4.69) is 40.2 Å². The smallest absolute Gasteiger partial charge is 0.278 e. The highest BCUT2D eigenvalue weighted by Gasteiger charge is 2.18. The van der Waals surface area contributed by atoms with E-state index in [0.717, 1.165) is 0 Å². The largest absolute Gasteiger partial charge is 0.340 e. The number of imidazole rings is 1. The molecule has 4 aromatic heterocycles. The van der Waals surface area contributed by atoms with Crippen LogP contribution in [0.1, 0.15) is 22.0 Å².